The smallest absolute Gasteiger partial charge is 0.345 e. The highest BCUT2D eigenvalue weighted by Crippen LogP contribution is 2.35. The van der Waals surface area contributed by atoms with Gasteiger partial charge in [-0.3, -0.25) is 14.9 Å². The van der Waals surface area contributed by atoms with E-state index in [0.717, 1.165) is 13.2 Å². The van der Waals surface area contributed by atoms with Crippen LogP contribution in [0.2, 0.25) is 0 Å². The first-order valence-electron chi connectivity index (χ1n) is 7.34. The quantitative estimate of drug-likeness (QED) is 0.455. The van der Waals surface area contributed by atoms with Crippen molar-refractivity contribution in [1.82, 2.24) is 4.90 Å². The molecule has 0 bridgehead atoms. The molecule has 0 aromatic heterocycles. The van der Waals surface area contributed by atoms with Gasteiger partial charge in [-0.2, -0.15) is 0 Å². The Morgan fingerprint density at radius 2 is 1.96 bits per heavy atom. The van der Waals surface area contributed by atoms with E-state index in [1.165, 1.54) is 11.0 Å². The number of fused-ring (bicyclic) bond motifs is 1. The number of amides is 1. The number of nitrogens with zero attached hydrogens (tertiary/aromatic N) is 2. The molecule has 1 aliphatic rings. The second-order valence-corrected chi connectivity index (χ2v) is 5.18. The van der Waals surface area contributed by atoms with Crippen molar-refractivity contribution in [3.63, 3.8) is 0 Å². The zero-order chi connectivity index (χ0) is 17.7. The fourth-order valence-electron chi connectivity index (χ4n) is 2.21. The van der Waals surface area contributed by atoms with E-state index < -0.39 is 16.6 Å². The van der Waals surface area contributed by atoms with Crippen molar-refractivity contribution >= 4 is 17.6 Å². The van der Waals surface area contributed by atoms with Gasteiger partial charge in [0.05, 0.1) is 31.3 Å². The van der Waals surface area contributed by atoms with Crippen LogP contribution >= 0.6 is 0 Å². The molecule has 0 radical (unpaired) electrons. The van der Waals surface area contributed by atoms with Gasteiger partial charge in [-0.15, -0.1) is 0 Å². The first kappa shape index (κ1) is 17.5. The molecule has 0 N–H and O–H groups in total. The Balaban J connectivity index is 2.39. The number of ether oxygens (including phenoxy) is 3. The normalized spacial score (nSPS) is 15.4. The lowest BCUT2D eigenvalue weighted by Crippen LogP contribution is -2.30. The highest BCUT2D eigenvalue weighted by atomic mass is 16.6. The summed E-state index contributed by atoms with van der Waals surface area (Å²) in [7, 11) is 2.81. The van der Waals surface area contributed by atoms with Gasteiger partial charge >= 0.3 is 5.97 Å². The largest absolute Gasteiger partial charge is 0.489 e. The second kappa shape index (κ2) is 7.62. The Labute approximate surface area is 138 Å². The predicted octanol–water partition coefficient (Wildman–Crippen LogP) is 1.39. The molecule has 1 aromatic rings. The number of carbonyl (C=O) groups is 2. The van der Waals surface area contributed by atoms with E-state index in [1.54, 1.807) is 7.05 Å². The molecule has 0 saturated carbocycles. The maximum atomic E-state index is 11.8. The van der Waals surface area contributed by atoms with E-state index in [1.807, 2.05) is 0 Å². The number of esters is 1. The highest BCUT2D eigenvalue weighted by Gasteiger charge is 2.26. The molecule has 0 saturated heterocycles. The predicted molar refractivity (Wildman–Crippen MR) is 82.3 cm³/mol. The lowest BCUT2D eigenvalue weighted by Gasteiger charge is -2.17. The molecule has 9 nitrogen and oxygen atoms in total. The maximum Gasteiger partial charge on any atom is 0.345 e. The van der Waals surface area contributed by atoms with Crippen molar-refractivity contribution in [3.8, 4) is 11.5 Å². The van der Waals surface area contributed by atoms with Crippen LogP contribution < -0.4 is 9.47 Å². The molecule has 2 rings (SSSR count). The van der Waals surface area contributed by atoms with E-state index >= 15 is 0 Å². The summed E-state index contributed by atoms with van der Waals surface area (Å²) in [5, 5.41) is 11.2. The highest BCUT2D eigenvalue weighted by molar-refractivity contribution is 5.95. The number of nitro benzene ring substituents is 1. The standard InChI is InChI=1S/C15H18N2O7/c1-16-5-7-24-12-8-10(15(19)22-2)11(17(20)21)9-13(12)23-6-3-4-14(16)18/h8-9H,3-7H2,1-2H3. The Hall–Kier alpha value is -2.84. The number of benzene rings is 1. The van der Waals surface area contributed by atoms with Crippen molar-refractivity contribution in [1.29, 1.82) is 0 Å². The van der Waals surface area contributed by atoms with Crippen LogP contribution in [-0.4, -0.2) is 55.6 Å². The molecule has 0 atom stereocenters. The lowest BCUT2D eigenvalue weighted by atomic mass is 10.1. The number of hydrogen-bond donors (Lipinski definition) is 0. The van der Waals surface area contributed by atoms with Crippen LogP contribution in [0.4, 0.5) is 5.69 Å². The van der Waals surface area contributed by atoms with Crippen LogP contribution in [0.1, 0.15) is 23.2 Å². The Morgan fingerprint density at radius 1 is 1.29 bits per heavy atom. The van der Waals surface area contributed by atoms with Crippen molar-refractivity contribution in [2.24, 2.45) is 0 Å². The number of hydrogen-bond acceptors (Lipinski definition) is 7. The van der Waals surface area contributed by atoms with E-state index in [0.29, 0.717) is 19.4 Å². The molecule has 0 unspecified atom stereocenters. The molecule has 24 heavy (non-hydrogen) atoms. The summed E-state index contributed by atoms with van der Waals surface area (Å²) in [6, 6.07) is 2.38. The number of likely N-dealkylation sites (N-methyl/N-ethyl adjacent to an activating group) is 1. The number of rotatable bonds is 2. The SMILES string of the molecule is COC(=O)c1cc2c(cc1[N+](=O)[O-])OCCCC(=O)N(C)CCO2. The van der Waals surface area contributed by atoms with E-state index in [2.05, 4.69) is 4.74 Å². The molecule has 0 fully saturated rings. The average molecular weight is 338 g/mol. The summed E-state index contributed by atoms with van der Waals surface area (Å²) >= 11 is 0. The van der Waals surface area contributed by atoms with Crippen LogP contribution in [0.3, 0.4) is 0 Å². The van der Waals surface area contributed by atoms with Gasteiger partial charge < -0.3 is 19.1 Å². The summed E-state index contributed by atoms with van der Waals surface area (Å²) in [6.45, 7) is 0.713. The summed E-state index contributed by atoms with van der Waals surface area (Å²) in [6.07, 6.45) is 0.781. The minimum atomic E-state index is -0.838. The van der Waals surface area contributed by atoms with Gasteiger partial charge in [-0.1, -0.05) is 0 Å². The third kappa shape index (κ3) is 3.92. The topological polar surface area (TPSA) is 108 Å². The van der Waals surface area contributed by atoms with Crippen LogP contribution in [0.15, 0.2) is 12.1 Å². The molecule has 130 valence electrons. The fourth-order valence-corrected chi connectivity index (χ4v) is 2.21. The molecule has 0 spiro atoms. The average Bonchev–Trinajstić information content (AvgIpc) is 2.59. The number of carbonyl (C=O) groups excluding carboxylic acids is 2. The van der Waals surface area contributed by atoms with E-state index in [4.69, 9.17) is 9.47 Å². The van der Waals surface area contributed by atoms with Gasteiger partial charge in [0.1, 0.15) is 12.2 Å². The zero-order valence-electron chi connectivity index (χ0n) is 13.4. The van der Waals surface area contributed by atoms with Crippen molar-refractivity contribution < 1.29 is 28.7 Å². The number of nitro groups is 1. The van der Waals surface area contributed by atoms with Gasteiger partial charge in [-0.25, -0.2) is 4.79 Å². The Bertz CT molecular complexity index is 659. The molecular weight excluding hydrogens is 320 g/mol. The summed E-state index contributed by atoms with van der Waals surface area (Å²) in [5.74, 6) is -0.515. The van der Waals surface area contributed by atoms with Gasteiger partial charge in [-0.05, 0) is 6.42 Å². The summed E-state index contributed by atoms with van der Waals surface area (Å²) in [5.41, 5.74) is -0.642. The minimum absolute atomic E-state index is 0.0330. The third-order valence-electron chi connectivity index (χ3n) is 3.57. The minimum Gasteiger partial charge on any atom is -0.489 e. The number of methoxy groups -OCH3 is 1. The molecule has 9 heteroatoms. The van der Waals surface area contributed by atoms with E-state index in [9.17, 15) is 19.7 Å². The zero-order valence-corrected chi connectivity index (χ0v) is 13.4. The van der Waals surface area contributed by atoms with Gasteiger partial charge in [0.25, 0.3) is 5.69 Å². The van der Waals surface area contributed by atoms with Crippen LogP contribution in [0.25, 0.3) is 0 Å². The van der Waals surface area contributed by atoms with Crippen molar-refractivity contribution in [2.45, 2.75) is 12.8 Å². The van der Waals surface area contributed by atoms with Crippen molar-refractivity contribution in [3.05, 3.63) is 27.8 Å². The van der Waals surface area contributed by atoms with Crippen LogP contribution in [-0.2, 0) is 9.53 Å². The van der Waals surface area contributed by atoms with Gasteiger partial charge in [0.15, 0.2) is 11.5 Å². The maximum absolute atomic E-state index is 11.8. The fraction of sp³-hybridized carbons (Fsp3) is 0.467. The van der Waals surface area contributed by atoms with E-state index in [-0.39, 0.29) is 36.2 Å². The van der Waals surface area contributed by atoms with Gasteiger partial charge in [0.2, 0.25) is 5.91 Å². The van der Waals surface area contributed by atoms with Crippen molar-refractivity contribution in [2.75, 3.05) is 33.9 Å². The van der Waals surface area contributed by atoms with Gasteiger partial charge in [0, 0.05) is 19.5 Å². The monoisotopic (exact) mass is 338 g/mol. The molecule has 1 aliphatic heterocycles. The lowest BCUT2D eigenvalue weighted by molar-refractivity contribution is -0.385. The van der Waals surface area contributed by atoms with Crippen LogP contribution in [0.5, 0.6) is 11.5 Å². The Kier molecular flexibility index (Phi) is 5.56. The molecule has 1 heterocycles. The molecule has 1 aromatic carbocycles. The molecule has 1 amide bonds. The Morgan fingerprint density at radius 3 is 2.62 bits per heavy atom. The first-order chi connectivity index (χ1) is 11.4. The first-order valence-corrected chi connectivity index (χ1v) is 7.34. The second-order valence-electron chi connectivity index (χ2n) is 5.18. The summed E-state index contributed by atoms with van der Waals surface area (Å²) < 4.78 is 15.6. The summed E-state index contributed by atoms with van der Waals surface area (Å²) in [4.78, 5) is 35.6. The molecule has 0 aliphatic carbocycles. The van der Waals surface area contributed by atoms with Crippen LogP contribution in [0, 0.1) is 10.1 Å². The third-order valence-corrected chi connectivity index (χ3v) is 3.57. The molecular formula is C15H18N2O7.